The second-order valence-corrected chi connectivity index (χ2v) is 6.70. The molecule has 0 radical (unpaired) electrons. The maximum absolute atomic E-state index is 10.5. The Bertz CT molecular complexity index is 768. The van der Waals surface area contributed by atoms with E-state index in [0.717, 1.165) is 21.2 Å². The molecule has 21 heavy (non-hydrogen) atoms. The number of thioether (sulfide) groups is 1. The molecule has 0 saturated heterocycles. The first-order valence-electron chi connectivity index (χ1n) is 6.41. The summed E-state index contributed by atoms with van der Waals surface area (Å²) in [6.45, 7) is 0. The molecule has 1 aromatic carbocycles. The number of fused-ring (bicyclic) bond motifs is 1. The lowest BCUT2D eigenvalue weighted by molar-refractivity contribution is -0.131. The van der Waals surface area contributed by atoms with Crippen LogP contribution in [0, 0.1) is 0 Å². The average molecular weight is 315 g/mol. The van der Waals surface area contributed by atoms with Crippen molar-refractivity contribution in [1.82, 2.24) is 4.98 Å². The number of carboxylic acids is 1. The maximum atomic E-state index is 10.5. The summed E-state index contributed by atoms with van der Waals surface area (Å²) in [6, 6.07) is 14.4. The molecule has 0 aliphatic carbocycles. The van der Waals surface area contributed by atoms with Crippen LogP contribution in [0.1, 0.15) is 9.75 Å². The number of aliphatic carboxylic acids is 1. The second kappa shape index (κ2) is 6.20. The predicted octanol–water partition coefficient (Wildman–Crippen LogP) is 4.62. The van der Waals surface area contributed by atoms with Crippen molar-refractivity contribution >= 4 is 46.0 Å². The topological polar surface area (TPSA) is 53.1 Å². The van der Waals surface area contributed by atoms with Crippen molar-refractivity contribution in [2.75, 3.05) is 0 Å². The lowest BCUT2D eigenvalue weighted by Gasteiger charge is -1.95. The van der Waals surface area contributed by atoms with Crippen molar-refractivity contribution < 1.29 is 9.90 Å². The summed E-state index contributed by atoms with van der Waals surface area (Å²) in [5, 5.41) is 11.0. The van der Waals surface area contributed by atoms with Crippen LogP contribution in [-0.4, -0.2) is 16.1 Å². The fourth-order valence-corrected chi connectivity index (χ4v) is 3.90. The summed E-state index contributed by atoms with van der Waals surface area (Å²) in [5.74, 6) is -0.0457. The standard InChI is InChI=1S/C16H13NO2S2/c18-16(19)8-7-12-5-6-13(21-12)10-20-15-9-11-3-1-2-4-14(11)17-15/h1-9,17H,10H2,(H,18,19)/b8-7+. The molecule has 3 rings (SSSR count). The van der Waals surface area contributed by atoms with E-state index in [9.17, 15) is 4.79 Å². The van der Waals surface area contributed by atoms with E-state index in [-0.39, 0.29) is 0 Å². The first-order chi connectivity index (χ1) is 10.2. The third-order valence-electron chi connectivity index (χ3n) is 2.95. The van der Waals surface area contributed by atoms with Gasteiger partial charge in [0.15, 0.2) is 0 Å². The number of thiophene rings is 1. The largest absolute Gasteiger partial charge is 0.478 e. The molecule has 0 saturated carbocycles. The smallest absolute Gasteiger partial charge is 0.328 e. The minimum Gasteiger partial charge on any atom is -0.478 e. The Labute approximate surface area is 130 Å². The van der Waals surface area contributed by atoms with Crippen LogP contribution in [0.25, 0.3) is 17.0 Å². The molecular formula is C16H13NO2S2. The van der Waals surface area contributed by atoms with E-state index < -0.39 is 5.97 Å². The molecule has 2 N–H and O–H groups in total. The fourth-order valence-electron chi connectivity index (χ4n) is 1.99. The van der Waals surface area contributed by atoms with Crippen LogP contribution in [0.2, 0.25) is 0 Å². The molecule has 0 spiro atoms. The van der Waals surface area contributed by atoms with Gasteiger partial charge in [-0.05, 0) is 30.3 Å². The lowest BCUT2D eigenvalue weighted by Crippen LogP contribution is -1.84. The number of para-hydroxylation sites is 1. The van der Waals surface area contributed by atoms with E-state index >= 15 is 0 Å². The van der Waals surface area contributed by atoms with Gasteiger partial charge in [-0.15, -0.1) is 23.1 Å². The number of nitrogens with one attached hydrogen (secondary N) is 1. The Hall–Kier alpha value is -1.98. The molecule has 3 nitrogen and oxygen atoms in total. The highest BCUT2D eigenvalue weighted by Crippen LogP contribution is 2.29. The third kappa shape index (κ3) is 3.56. The Morgan fingerprint density at radius 2 is 2.14 bits per heavy atom. The van der Waals surface area contributed by atoms with Gasteiger partial charge in [0.2, 0.25) is 0 Å². The van der Waals surface area contributed by atoms with Crippen molar-refractivity contribution in [1.29, 1.82) is 0 Å². The SMILES string of the molecule is O=C(O)/C=C/c1ccc(CSc2cc3ccccc3[nH]2)s1. The van der Waals surface area contributed by atoms with E-state index in [0.29, 0.717) is 0 Å². The summed E-state index contributed by atoms with van der Waals surface area (Å²) >= 11 is 3.37. The maximum Gasteiger partial charge on any atom is 0.328 e. The normalized spacial score (nSPS) is 11.4. The number of aromatic amines is 1. The minimum absolute atomic E-state index is 0.873. The Morgan fingerprint density at radius 1 is 1.29 bits per heavy atom. The summed E-state index contributed by atoms with van der Waals surface area (Å²) in [4.78, 5) is 16.1. The Morgan fingerprint density at radius 3 is 2.95 bits per heavy atom. The van der Waals surface area contributed by atoms with Crippen molar-refractivity contribution in [3.05, 3.63) is 58.3 Å². The molecule has 106 valence electrons. The van der Waals surface area contributed by atoms with Gasteiger partial charge < -0.3 is 10.1 Å². The van der Waals surface area contributed by atoms with Gasteiger partial charge in [-0.25, -0.2) is 4.79 Å². The van der Waals surface area contributed by atoms with E-state index in [1.807, 2.05) is 24.3 Å². The van der Waals surface area contributed by atoms with Gasteiger partial charge in [0.25, 0.3) is 0 Å². The van der Waals surface area contributed by atoms with Crippen LogP contribution in [0.3, 0.4) is 0 Å². The number of benzene rings is 1. The van der Waals surface area contributed by atoms with Gasteiger partial charge in [-0.2, -0.15) is 0 Å². The molecular weight excluding hydrogens is 302 g/mol. The zero-order chi connectivity index (χ0) is 14.7. The van der Waals surface area contributed by atoms with Crippen molar-refractivity contribution in [2.45, 2.75) is 10.8 Å². The summed E-state index contributed by atoms with van der Waals surface area (Å²) in [7, 11) is 0. The number of hydrogen-bond acceptors (Lipinski definition) is 3. The molecule has 0 unspecified atom stereocenters. The number of aromatic nitrogens is 1. The summed E-state index contributed by atoms with van der Waals surface area (Å²) in [5.41, 5.74) is 1.15. The number of carboxylic acid groups (broad SMARTS) is 1. The third-order valence-corrected chi connectivity index (χ3v) is 5.17. The van der Waals surface area contributed by atoms with Crippen LogP contribution in [0.5, 0.6) is 0 Å². The van der Waals surface area contributed by atoms with E-state index in [1.54, 1.807) is 29.2 Å². The molecule has 5 heteroatoms. The Kier molecular flexibility index (Phi) is 4.13. The van der Waals surface area contributed by atoms with Crippen LogP contribution >= 0.6 is 23.1 Å². The van der Waals surface area contributed by atoms with Crippen molar-refractivity contribution in [3.8, 4) is 0 Å². The van der Waals surface area contributed by atoms with Crippen molar-refractivity contribution in [2.24, 2.45) is 0 Å². The second-order valence-electron chi connectivity index (χ2n) is 4.49. The van der Waals surface area contributed by atoms with E-state index in [1.165, 1.54) is 16.3 Å². The van der Waals surface area contributed by atoms with E-state index in [2.05, 4.69) is 23.2 Å². The highest BCUT2D eigenvalue weighted by molar-refractivity contribution is 7.98. The zero-order valence-electron chi connectivity index (χ0n) is 11.1. The van der Waals surface area contributed by atoms with Crippen LogP contribution < -0.4 is 0 Å². The monoisotopic (exact) mass is 315 g/mol. The van der Waals surface area contributed by atoms with Gasteiger partial charge >= 0.3 is 5.97 Å². The van der Waals surface area contributed by atoms with Crippen LogP contribution in [0.4, 0.5) is 0 Å². The molecule has 0 aliphatic heterocycles. The molecule has 0 aliphatic rings. The van der Waals surface area contributed by atoms with Gasteiger partial charge in [0.1, 0.15) is 0 Å². The highest BCUT2D eigenvalue weighted by Gasteiger charge is 2.03. The van der Waals surface area contributed by atoms with Gasteiger partial charge in [-0.1, -0.05) is 18.2 Å². The quantitative estimate of drug-likeness (QED) is 0.533. The molecule has 0 fully saturated rings. The highest BCUT2D eigenvalue weighted by atomic mass is 32.2. The van der Waals surface area contributed by atoms with Gasteiger partial charge in [0.05, 0.1) is 5.03 Å². The molecule has 3 aromatic rings. The van der Waals surface area contributed by atoms with E-state index in [4.69, 9.17) is 5.11 Å². The molecule has 0 amide bonds. The molecule has 0 bridgehead atoms. The number of rotatable bonds is 5. The number of hydrogen-bond donors (Lipinski definition) is 2. The predicted molar refractivity (Wildman–Crippen MR) is 88.8 cm³/mol. The Balaban J connectivity index is 1.66. The first-order valence-corrected chi connectivity index (χ1v) is 8.21. The zero-order valence-corrected chi connectivity index (χ0v) is 12.7. The van der Waals surface area contributed by atoms with Crippen LogP contribution in [-0.2, 0) is 10.5 Å². The average Bonchev–Trinajstić information content (AvgIpc) is 3.09. The summed E-state index contributed by atoms with van der Waals surface area (Å²) < 4.78 is 0. The molecule has 0 atom stereocenters. The van der Waals surface area contributed by atoms with Crippen molar-refractivity contribution in [3.63, 3.8) is 0 Å². The van der Waals surface area contributed by atoms with Gasteiger partial charge in [-0.3, -0.25) is 0 Å². The first kappa shape index (κ1) is 14.0. The number of H-pyrrole nitrogens is 1. The lowest BCUT2D eigenvalue weighted by atomic mass is 10.3. The van der Waals surface area contributed by atoms with Gasteiger partial charge in [0, 0.05) is 32.5 Å². The molecule has 2 heterocycles. The number of carbonyl (C=O) groups is 1. The fraction of sp³-hybridized carbons (Fsp3) is 0.0625. The van der Waals surface area contributed by atoms with Crippen LogP contribution in [0.15, 0.2) is 53.6 Å². The molecule has 2 aromatic heterocycles. The minimum atomic E-state index is -0.919. The summed E-state index contributed by atoms with van der Waals surface area (Å²) in [6.07, 6.45) is 2.80.